The van der Waals surface area contributed by atoms with Crippen LogP contribution < -0.4 is 10.6 Å². The highest BCUT2D eigenvalue weighted by atomic mass is 32.2. The number of rotatable bonds is 8. The van der Waals surface area contributed by atoms with E-state index in [-0.39, 0.29) is 5.75 Å². The molecule has 1 aromatic heterocycles. The summed E-state index contributed by atoms with van der Waals surface area (Å²) >= 11 is 0. The van der Waals surface area contributed by atoms with Crippen molar-refractivity contribution in [1.82, 2.24) is 20.2 Å². The smallest absolute Gasteiger partial charge is 0.191 e. The normalized spacial score (nSPS) is 12.5. The Kier molecular flexibility index (Phi) is 6.81. The van der Waals surface area contributed by atoms with E-state index >= 15 is 0 Å². The van der Waals surface area contributed by atoms with Crippen LogP contribution in [0.4, 0.5) is 0 Å². The molecule has 0 aliphatic heterocycles. The third-order valence-corrected chi connectivity index (χ3v) is 4.71. The lowest BCUT2D eigenvalue weighted by Crippen LogP contribution is -2.39. The standard InChI is InChI=1S/C17H27N5O2S/c1-4-18-17(20-11-13-25(3,23)24)19-10-7-12-22-14(2)21-15-8-5-6-9-16(15)22/h5-6,8-9H,4,7,10-13H2,1-3H3,(H2,18,19,20). The lowest BCUT2D eigenvalue weighted by Gasteiger charge is -2.11. The maximum atomic E-state index is 11.2. The fourth-order valence-electron chi connectivity index (χ4n) is 2.59. The molecule has 0 saturated carbocycles. The van der Waals surface area contributed by atoms with Crippen LogP contribution in [0.15, 0.2) is 29.3 Å². The molecule has 0 unspecified atom stereocenters. The molecule has 7 nitrogen and oxygen atoms in total. The number of fused-ring (bicyclic) bond motifs is 1. The number of aliphatic imine (C=N–C) groups is 1. The molecule has 0 aliphatic carbocycles. The van der Waals surface area contributed by atoms with E-state index in [2.05, 4.69) is 31.2 Å². The summed E-state index contributed by atoms with van der Waals surface area (Å²) in [5, 5.41) is 6.18. The van der Waals surface area contributed by atoms with Crippen molar-refractivity contribution in [2.24, 2.45) is 4.99 Å². The molecule has 138 valence electrons. The second kappa shape index (κ2) is 8.84. The molecular formula is C17H27N5O2S. The Morgan fingerprint density at radius 1 is 1.28 bits per heavy atom. The molecular weight excluding hydrogens is 338 g/mol. The van der Waals surface area contributed by atoms with Crippen LogP contribution in [0.1, 0.15) is 19.2 Å². The first kappa shape index (κ1) is 19.2. The molecule has 1 heterocycles. The number of aromatic nitrogens is 2. The van der Waals surface area contributed by atoms with Crippen molar-refractivity contribution in [1.29, 1.82) is 0 Å². The SMILES string of the molecule is CCNC(=NCCCn1c(C)nc2ccccc21)NCCS(C)(=O)=O. The Bertz CT molecular complexity index is 827. The lowest BCUT2D eigenvalue weighted by atomic mass is 10.3. The summed E-state index contributed by atoms with van der Waals surface area (Å²) in [4.78, 5) is 9.07. The summed E-state index contributed by atoms with van der Waals surface area (Å²) in [6.07, 6.45) is 2.11. The van der Waals surface area contributed by atoms with Gasteiger partial charge in [0.15, 0.2) is 5.96 Å². The van der Waals surface area contributed by atoms with Crippen LogP contribution in [0.5, 0.6) is 0 Å². The van der Waals surface area contributed by atoms with Crippen LogP contribution in [0.3, 0.4) is 0 Å². The molecule has 0 aliphatic rings. The van der Waals surface area contributed by atoms with Gasteiger partial charge in [0.25, 0.3) is 0 Å². The van der Waals surface area contributed by atoms with Crippen molar-refractivity contribution in [3.8, 4) is 0 Å². The highest BCUT2D eigenvalue weighted by molar-refractivity contribution is 7.90. The van der Waals surface area contributed by atoms with Gasteiger partial charge >= 0.3 is 0 Å². The van der Waals surface area contributed by atoms with Gasteiger partial charge in [0.05, 0.1) is 16.8 Å². The zero-order chi connectivity index (χ0) is 18.3. The van der Waals surface area contributed by atoms with Crippen LogP contribution in [0, 0.1) is 6.92 Å². The minimum atomic E-state index is -2.97. The van der Waals surface area contributed by atoms with Gasteiger partial charge in [0.1, 0.15) is 15.7 Å². The van der Waals surface area contributed by atoms with Crippen LogP contribution in [0.25, 0.3) is 11.0 Å². The van der Waals surface area contributed by atoms with Crippen molar-refractivity contribution in [3.05, 3.63) is 30.1 Å². The maximum Gasteiger partial charge on any atom is 0.191 e. The Hall–Kier alpha value is -2.09. The van der Waals surface area contributed by atoms with Gasteiger partial charge in [-0.2, -0.15) is 0 Å². The molecule has 0 amide bonds. The predicted octanol–water partition coefficient (Wildman–Crippen LogP) is 1.33. The summed E-state index contributed by atoms with van der Waals surface area (Å²) in [5.74, 6) is 1.75. The molecule has 8 heteroatoms. The van der Waals surface area contributed by atoms with E-state index < -0.39 is 9.84 Å². The van der Waals surface area contributed by atoms with E-state index in [9.17, 15) is 8.42 Å². The van der Waals surface area contributed by atoms with Crippen molar-refractivity contribution in [2.45, 2.75) is 26.8 Å². The van der Waals surface area contributed by atoms with E-state index in [1.54, 1.807) is 0 Å². The van der Waals surface area contributed by atoms with E-state index in [0.29, 0.717) is 19.0 Å². The van der Waals surface area contributed by atoms with Gasteiger partial charge in [-0.3, -0.25) is 4.99 Å². The Balaban J connectivity index is 1.89. The molecule has 0 fully saturated rings. The van der Waals surface area contributed by atoms with E-state index in [1.807, 2.05) is 32.0 Å². The summed E-state index contributed by atoms with van der Waals surface area (Å²) in [6.45, 7) is 6.58. The average molecular weight is 366 g/mol. The number of sulfone groups is 1. The van der Waals surface area contributed by atoms with Crippen molar-refractivity contribution in [3.63, 3.8) is 0 Å². The Morgan fingerprint density at radius 3 is 2.76 bits per heavy atom. The van der Waals surface area contributed by atoms with Gasteiger partial charge in [-0.1, -0.05) is 12.1 Å². The average Bonchev–Trinajstić information content (AvgIpc) is 2.86. The predicted molar refractivity (Wildman–Crippen MR) is 103 cm³/mol. The maximum absolute atomic E-state index is 11.2. The summed E-state index contributed by atoms with van der Waals surface area (Å²) in [6, 6.07) is 8.11. The quantitative estimate of drug-likeness (QED) is 0.419. The summed E-state index contributed by atoms with van der Waals surface area (Å²) < 4.78 is 24.6. The second-order valence-electron chi connectivity index (χ2n) is 5.97. The zero-order valence-electron chi connectivity index (χ0n) is 15.1. The largest absolute Gasteiger partial charge is 0.357 e. The molecule has 0 spiro atoms. The second-order valence-corrected chi connectivity index (χ2v) is 8.23. The van der Waals surface area contributed by atoms with Gasteiger partial charge in [-0.15, -0.1) is 0 Å². The van der Waals surface area contributed by atoms with Crippen LogP contribution >= 0.6 is 0 Å². The fourth-order valence-corrected chi connectivity index (χ4v) is 3.07. The minimum absolute atomic E-state index is 0.0949. The van der Waals surface area contributed by atoms with Gasteiger partial charge in [-0.05, 0) is 32.4 Å². The minimum Gasteiger partial charge on any atom is -0.357 e. The monoisotopic (exact) mass is 365 g/mol. The first-order chi connectivity index (χ1) is 11.9. The van der Waals surface area contributed by atoms with Gasteiger partial charge in [-0.25, -0.2) is 13.4 Å². The number of nitrogens with one attached hydrogen (secondary N) is 2. The molecule has 0 radical (unpaired) electrons. The highest BCUT2D eigenvalue weighted by Crippen LogP contribution is 2.15. The molecule has 2 N–H and O–H groups in total. The number of nitrogens with zero attached hydrogens (tertiary/aromatic N) is 3. The third kappa shape index (κ3) is 6.04. The van der Waals surface area contributed by atoms with Gasteiger partial charge in [0.2, 0.25) is 0 Å². The van der Waals surface area contributed by atoms with Crippen molar-refractivity contribution < 1.29 is 8.42 Å². The number of imidazole rings is 1. The van der Waals surface area contributed by atoms with Crippen molar-refractivity contribution >= 4 is 26.8 Å². The first-order valence-electron chi connectivity index (χ1n) is 8.52. The van der Waals surface area contributed by atoms with Crippen LogP contribution in [-0.2, 0) is 16.4 Å². The Morgan fingerprint density at radius 2 is 2.04 bits per heavy atom. The van der Waals surface area contributed by atoms with Gasteiger partial charge in [0, 0.05) is 32.4 Å². The van der Waals surface area contributed by atoms with Gasteiger partial charge < -0.3 is 15.2 Å². The first-order valence-corrected chi connectivity index (χ1v) is 10.6. The summed E-state index contributed by atoms with van der Waals surface area (Å²) in [5.41, 5.74) is 2.15. The molecule has 1 aromatic carbocycles. The highest BCUT2D eigenvalue weighted by Gasteiger charge is 2.06. The topological polar surface area (TPSA) is 88.4 Å². The van der Waals surface area contributed by atoms with E-state index in [4.69, 9.17) is 0 Å². The van der Waals surface area contributed by atoms with Crippen molar-refractivity contribution in [2.75, 3.05) is 31.6 Å². The summed E-state index contributed by atoms with van der Waals surface area (Å²) in [7, 11) is -2.97. The van der Waals surface area contributed by atoms with Crippen LogP contribution in [-0.4, -0.2) is 55.6 Å². The number of benzene rings is 1. The molecule has 0 saturated heterocycles. The van der Waals surface area contributed by atoms with E-state index in [0.717, 1.165) is 36.4 Å². The molecule has 25 heavy (non-hydrogen) atoms. The number of hydrogen-bond acceptors (Lipinski definition) is 4. The van der Waals surface area contributed by atoms with E-state index in [1.165, 1.54) is 6.26 Å². The number of hydrogen-bond donors (Lipinski definition) is 2. The molecule has 2 aromatic rings. The molecule has 0 bridgehead atoms. The lowest BCUT2D eigenvalue weighted by molar-refractivity contribution is 0.600. The number of para-hydroxylation sites is 2. The van der Waals surface area contributed by atoms with Crippen LogP contribution in [0.2, 0.25) is 0 Å². The fraction of sp³-hybridized carbons (Fsp3) is 0.529. The molecule has 0 atom stereocenters. The molecule has 2 rings (SSSR count). The number of aryl methyl sites for hydroxylation is 2. The third-order valence-electron chi connectivity index (χ3n) is 3.76. The Labute approximate surface area is 149 Å². The zero-order valence-corrected chi connectivity index (χ0v) is 15.9. The number of guanidine groups is 1.